The Hall–Kier alpha value is -4.18. The average Bonchev–Trinajstić information content (AvgIpc) is 3.50. The molecule has 2 N–H and O–H groups in total. The van der Waals surface area contributed by atoms with Gasteiger partial charge < -0.3 is 9.97 Å². The van der Waals surface area contributed by atoms with E-state index in [4.69, 9.17) is 0 Å². The van der Waals surface area contributed by atoms with Crippen molar-refractivity contribution in [2.24, 2.45) is 0 Å². The van der Waals surface area contributed by atoms with Gasteiger partial charge in [0.25, 0.3) is 0 Å². The molecule has 6 aromatic rings. The third-order valence-corrected chi connectivity index (χ3v) is 7.46. The van der Waals surface area contributed by atoms with Crippen molar-refractivity contribution < 1.29 is 9.59 Å². The number of para-hydroxylation sites is 2. The van der Waals surface area contributed by atoms with E-state index >= 15 is 0 Å². The number of aromatic amines is 2. The highest BCUT2D eigenvalue weighted by Crippen LogP contribution is 2.32. The lowest BCUT2D eigenvalue weighted by molar-refractivity contribution is 0.111. The molecule has 0 fully saturated rings. The molecule has 0 spiro atoms. The molecular weight excluding hydrogens is 444 g/mol. The summed E-state index contributed by atoms with van der Waals surface area (Å²) in [5, 5.41) is 4.30. The SMILES string of the molecule is O=Cc1ccc(CCCCCCc2ccc(C=O)c3c2[nH]c2ccccc23)c2[nH]c3ccccc3c12. The fourth-order valence-corrected chi connectivity index (χ4v) is 5.68. The van der Waals surface area contributed by atoms with Crippen LogP contribution in [-0.4, -0.2) is 22.5 Å². The highest BCUT2D eigenvalue weighted by atomic mass is 16.1. The number of aryl methyl sites for hydroxylation is 2. The van der Waals surface area contributed by atoms with E-state index in [2.05, 4.69) is 46.4 Å². The Morgan fingerprint density at radius 1 is 0.528 bits per heavy atom. The first-order valence-corrected chi connectivity index (χ1v) is 12.7. The number of benzene rings is 4. The molecule has 0 aliphatic rings. The predicted octanol–water partition coefficient (Wildman–Crippen LogP) is 7.93. The maximum absolute atomic E-state index is 11.7. The van der Waals surface area contributed by atoms with Crippen LogP contribution in [-0.2, 0) is 12.8 Å². The first-order valence-electron chi connectivity index (χ1n) is 12.7. The zero-order valence-corrected chi connectivity index (χ0v) is 20.1. The van der Waals surface area contributed by atoms with Gasteiger partial charge in [0.05, 0.1) is 11.0 Å². The molecule has 0 amide bonds. The zero-order chi connectivity index (χ0) is 24.5. The Labute approximate surface area is 209 Å². The largest absolute Gasteiger partial charge is 0.354 e. The minimum atomic E-state index is 0.745. The van der Waals surface area contributed by atoms with E-state index in [0.29, 0.717) is 0 Å². The van der Waals surface area contributed by atoms with Crippen molar-refractivity contribution in [1.82, 2.24) is 9.97 Å². The topological polar surface area (TPSA) is 65.7 Å². The van der Waals surface area contributed by atoms with Crippen LogP contribution < -0.4 is 0 Å². The summed E-state index contributed by atoms with van der Waals surface area (Å²) < 4.78 is 0. The van der Waals surface area contributed by atoms with E-state index in [1.807, 2.05) is 36.4 Å². The molecule has 0 aliphatic heterocycles. The lowest BCUT2D eigenvalue weighted by atomic mass is 9.98. The van der Waals surface area contributed by atoms with E-state index in [1.165, 1.54) is 11.1 Å². The summed E-state index contributed by atoms with van der Waals surface area (Å²) in [6, 6.07) is 24.5. The summed E-state index contributed by atoms with van der Waals surface area (Å²) in [7, 11) is 0. The van der Waals surface area contributed by atoms with Crippen LogP contribution in [0.3, 0.4) is 0 Å². The van der Waals surface area contributed by atoms with Gasteiger partial charge in [-0.25, -0.2) is 0 Å². The van der Waals surface area contributed by atoms with Crippen molar-refractivity contribution in [3.05, 3.63) is 95.1 Å². The van der Waals surface area contributed by atoms with Crippen molar-refractivity contribution in [3.63, 3.8) is 0 Å². The van der Waals surface area contributed by atoms with E-state index < -0.39 is 0 Å². The molecule has 0 bridgehead atoms. The number of rotatable bonds is 9. The third-order valence-electron chi connectivity index (χ3n) is 7.46. The number of unbranched alkanes of at least 4 members (excludes halogenated alkanes) is 3. The molecule has 0 saturated carbocycles. The molecule has 2 heterocycles. The fourth-order valence-electron chi connectivity index (χ4n) is 5.68. The normalized spacial score (nSPS) is 11.7. The van der Waals surface area contributed by atoms with E-state index in [-0.39, 0.29) is 0 Å². The third kappa shape index (κ3) is 3.79. The zero-order valence-electron chi connectivity index (χ0n) is 20.1. The second-order valence-electron chi connectivity index (χ2n) is 9.62. The second kappa shape index (κ2) is 9.46. The highest BCUT2D eigenvalue weighted by molar-refractivity contribution is 6.15. The second-order valence-corrected chi connectivity index (χ2v) is 9.62. The summed E-state index contributed by atoms with van der Waals surface area (Å²) in [5.41, 5.74) is 8.38. The monoisotopic (exact) mass is 472 g/mol. The van der Waals surface area contributed by atoms with Gasteiger partial charge in [0, 0.05) is 43.7 Å². The van der Waals surface area contributed by atoms with Crippen LogP contribution in [0.1, 0.15) is 57.5 Å². The molecule has 4 aromatic carbocycles. The lowest BCUT2D eigenvalue weighted by Crippen LogP contribution is -1.93. The van der Waals surface area contributed by atoms with Gasteiger partial charge in [0.15, 0.2) is 12.6 Å². The highest BCUT2D eigenvalue weighted by Gasteiger charge is 2.13. The Morgan fingerprint density at radius 2 is 0.972 bits per heavy atom. The molecule has 0 aliphatic carbocycles. The van der Waals surface area contributed by atoms with Gasteiger partial charge in [-0.15, -0.1) is 0 Å². The van der Waals surface area contributed by atoms with E-state index in [1.54, 1.807) is 0 Å². The maximum atomic E-state index is 11.7. The molecule has 0 radical (unpaired) electrons. The van der Waals surface area contributed by atoms with Crippen LogP contribution >= 0.6 is 0 Å². The van der Waals surface area contributed by atoms with Crippen molar-refractivity contribution in [1.29, 1.82) is 0 Å². The van der Waals surface area contributed by atoms with Crippen molar-refractivity contribution in [2.75, 3.05) is 0 Å². The number of nitrogens with one attached hydrogen (secondary N) is 2. The molecule has 6 rings (SSSR count). The van der Waals surface area contributed by atoms with Crippen LogP contribution in [0.4, 0.5) is 0 Å². The quantitative estimate of drug-likeness (QED) is 0.166. The van der Waals surface area contributed by atoms with E-state index in [0.717, 1.165) is 106 Å². The number of carbonyl (C=O) groups excluding carboxylic acids is 2. The Balaban J connectivity index is 1.13. The van der Waals surface area contributed by atoms with Gasteiger partial charge in [0.1, 0.15) is 0 Å². The molecule has 36 heavy (non-hydrogen) atoms. The molecule has 0 unspecified atom stereocenters. The first-order chi connectivity index (χ1) is 17.8. The summed E-state index contributed by atoms with van der Waals surface area (Å²) in [6.45, 7) is 0. The maximum Gasteiger partial charge on any atom is 0.150 e. The molecule has 2 aromatic heterocycles. The number of H-pyrrole nitrogens is 2. The summed E-state index contributed by atoms with van der Waals surface area (Å²) in [6.07, 6.45) is 8.41. The molecule has 178 valence electrons. The van der Waals surface area contributed by atoms with Crippen LogP contribution in [0.25, 0.3) is 43.6 Å². The predicted molar refractivity (Wildman–Crippen MR) is 148 cm³/mol. The van der Waals surface area contributed by atoms with Crippen LogP contribution in [0.2, 0.25) is 0 Å². The van der Waals surface area contributed by atoms with Crippen molar-refractivity contribution in [3.8, 4) is 0 Å². The first kappa shape index (κ1) is 22.3. The summed E-state index contributed by atoms with van der Waals surface area (Å²) in [5.74, 6) is 0. The molecule has 4 heteroatoms. The smallest absolute Gasteiger partial charge is 0.150 e. The number of hydrogen-bond donors (Lipinski definition) is 2. The van der Waals surface area contributed by atoms with Gasteiger partial charge in [-0.3, -0.25) is 9.59 Å². The number of hydrogen-bond acceptors (Lipinski definition) is 2. The standard InChI is InChI=1S/C32H28N2O2/c35-19-23-17-15-21(31-29(23)25-11-5-7-13-27(25)33-31)9-3-1-2-4-10-22-16-18-24(20-36)30-26-12-6-8-14-28(26)34-32(22)30/h5-8,11-20,33-34H,1-4,9-10H2. The van der Waals surface area contributed by atoms with Crippen LogP contribution in [0.5, 0.6) is 0 Å². The molecule has 4 nitrogen and oxygen atoms in total. The number of aromatic nitrogens is 2. The number of aldehydes is 2. The van der Waals surface area contributed by atoms with Gasteiger partial charge in [-0.1, -0.05) is 73.5 Å². The molecule has 0 atom stereocenters. The van der Waals surface area contributed by atoms with Crippen LogP contribution in [0, 0.1) is 0 Å². The lowest BCUT2D eigenvalue weighted by Gasteiger charge is -2.07. The van der Waals surface area contributed by atoms with Crippen molar-refractivity contribution in [2.45, 2.75) is 38.5 Å². The Morgan fingerprint density at radius 3 is 1.42 bits per heavy atom. The molecule has 0 saturated heterocycles. The Bertz CT molecular complexity index is 1610. The Kier molecular flexibility index (Phi) is 5.86. The van der Waals surface area contributed by atoms with Gasteiger partial charge in [-0.05, 0) is 48.9 Å². The van der Waals surface area contributed by atoms with Gasteiger partial charge >= 0.3 is 0 Å². The number of fused-ring (bicyclic) bond motifs is 6. The average molecular weight is 473 g/mol. The minimum Gasteiger partial charge on any atom is -0.354 e. The van der Waals surface area contributed by atoms with Gasteiger partial charge in [-0.2, -0.15) is 0 Å². The van der Waals surface area contributed by atoms with Gasteiger partial charge in [0.2, 0.25) is 0 Å². The number of carbonyl (C=O) groups is 2. The minimum absolute atomic E-state index is 0.745. The summed E-state index contributed by atoms with van der Waals surface area (Å²) >= 11 is 0. The fraction of sp³-hybridized carbons (Fsp3) is 0.188. The summed E-state index contributed by atoms with van der Waals surface area (Å²) in [4.78, 5) is 30.4. The van der Waals surface area contributed by atoms with E-state index in [9.17, 15) is 9.59 Å². The van der Waals surface area contributed by atoms with Crippen molar-refractivity contribution >= 4 is 56.2 Å². The van der Waals surface area contributed by atoms with Crippen LogP contribution in [0.15, 0.2) is 72.8 Å². The molecular formula is C32H28N2O2.